The van der Waals surface area contributed by atoms with E-state index in [0.29, 0.717) is 22.6 Å². The van der Waals surface area contributed by atoms with Crippen molar-refractivity contribution >= 4 is 46.1 Å². The number of aromatic nitrogens is 5. The van der Waals surface area contributed by atoms with E-state index < -0.39 is 5.82 Å². The summed E-state index contributed by atoms with van der Waals surface area (Å²) in [6.07, 6.45) is 7.19. The number of anilines is 3. The molecule has 0 saturated carbocycles. The third-order valence-corrected chi connectivity index (χ3v) is 5.75. The maximum absolute atomic E-state index is 14.9. The van der Waals surface area contributed by atoms with Crippen LogP contribution in [0.4, 0.5) is 21.5 Å². The minimum atomic E-state index is -0.425. The van der Waals surface area contributed by atoms with E-state index in [1.807, 2.05) is 55.6 Å². The van der Waals surface area contributed by atoms with Gasteiger partial charge in [0.15, 0.2) is 0 Å². The summed E-state index contributed by atoms with van der Waals surface area (Å²) in [7, 11) is 1.71. The van der Waals surface area contributed by atoms with Gasteiger partial charge in [0.1, 0.15) is 11.5 Å². The van der Waals surface area contributed by atoms with Crippen LogP contribution >= 0.6 is 0 Å². The van der Waals surface area contributed by atoms with Gasteiger partial charge in [-0.3, -0.25) is 14.5 Å². The number of carbonyl (C=O) groups excluding carboxylic acids is 1. The van der Waals surface area contributed by atoms with Crippen molar-refractivity contribution in [3.63, 3.8) is 0 Å². The highest BCUT2D eigenvalue weighted by Gasteiger charge is 2.15. The Morgan fingerprint density at radius 3 is 2.67 bits per heavy atom. The molecular weight excluding hydrogens is 457 g/mol. The van der Waals surface area contributed by atoms with Gasteiger partial charge < -0.3 is 10.6 Å². The highest BCUT2D eigenvalue weighted by atomic mass is 19.1. The Morgan fingerprint density at radius 2 is 1.92 bits per heavy atom. The smallest absolute Gasteiger partial charge is 0.273 e. The van der Waals surface area contributed by atoms with Crippen LogP contribution in [0.1, 0.15) is 27.4 Å². The van der Waals surface area contributed by atoms with E-state index in [1.165, 1.54) is 10.7 Å². The molecule has 0 radical (unpaired) electrons. The van der Waals surface area contributed by atoms with E-state index >= 15 is 0 Å². The number of halogens is 1. The van der Waals surface area contributed by atoms with E-state index in [2.05, 4.69) is 25.8 Å². The Hall–Kier alpha value is -4.79. The summed E-state index contributed by atoms with van der Waals surface area (Å²) in [5.41, 5.74) is 4.86. The SMILES string of the molecule is Cc1cc(C(=O)Nc2cc(Nc3ccc4cnn(C=Cc5ccccn5)c4c3)c(F)cc2C)n(C)n1. The number of rotatable bonds is 6. The number of amides is 1. The molecule has 5 rings (SSSR count). The van der Waals surface area contributed by atoms with Gasteiger partial charge in [-0.05, 0) is 74.0 Å². The fourth-order valence-electron chi connectivity index (χ4n) is 3.92. The average molecular weight is 482 g/mol. The van der Waals surface area contributed by atoms with Gasteiger partial charge in [-0.1, -0.05) is 6.07 Å². The molecule has 5 aromatic rings. The summed E-state index contributed by atoms with van der Waals surface area (Å²) >= 11 is 0. The van der Waals surface area contributed by atoms with Gasteiger partial charge in [0, 0.05) is 36.2 Å². The molecule has 9 heteroatoms. The van der Waals surface area contributed by atoms with Gasteiger partial charge in [0.05, 0.1) is 28.8 Å². The minimum absolute atomic E-state index is 0.242. The Bertz CT molecular complexity index is 1600. The fraction of sp³-hybridized carbons (Fsp3) is 0.111. The average Bonchev–Trinajstić information content (AvgIpc) is 3.42. The molecular formula is C27H24FN7O. The molecule has 3 heterocycles. The molecule has 0 fully saturated rings. The summed E-state index contributed by atoms with van der Waals surface area (Å²) in [5.74, 6) is -0.741. The highest BCUT2D eigenvalue weighted by Crippen LogP contribution is 2.29. The third kappa shape index (κ3) is 4.72. The number of fused-ring (bicyclic) bond motifs is 1. The molecule has 0 unspecified atom stereocenters. The van der Waals surface area contributed by atoms with Gasteiger partial charge in [-0.15, -0.1) is 0 Å². The summed E-state index contributed by atoms with van der Waals surface area (Å²) in [6.45, 7) is 3.56. The van der Waals surface area contributed by atoms with Crippen LogP contribution in [0.2, 0.25) is 0 Å². The maximum Gasteiger partial charge on any atom is 0.273 e. The van der Waals surface area contributed by atoms with Crippen molar-refractivity contribution in [2.45, 2.75) is 13.8 Å². The van der Waals surface area contributed by atoms with Crippen molar-refractivity contribution in [1.29, 1.82) is 0 Å². The van der Waals surface area contributed by atoms with Crippen LogP contribution in [-0.2, 0) is 7.05 Å². The first kappa shape index (κ1) is 23.0. The van der Waals surface area contributed by atoms with Crippen molar-refractivity contribution in [3.8, 4) is 0 Å². The third-order valence-electron chi connectivity index (χ3n) is 5.75. The van der Waals surface area contributed by atoms with E-state index in [-0.39, 0.29) is 11.6 Å². The van der Waals surface area contributed by atoms with Crippen molar-refractivity contribution < 1.29 is 9.18 Å². The first-order valence-corrected chi connectivity index (χ1v) is 11.3. The topological polar surface area (TPSA) is 89.7 Å². The van der Waals surface area contributed by atoms with Crippen LogP contribution in [-0.4, -0.2) is 30.5 Å². The standard InChI is InChI=1S/C27H24FN7O/c1-17-12-22(28)24(15-23(17)32-27(36)26-13-18(2)33-34(26)3)31-21-8-7-19-16-30-35(25(19)14-21)11-9-20-6-4-5-10-29-20/h4-16,31H,1-3H3,(H,32,36). The van der Waals surface area contributed by atoms with Gasteiger partial charge in [0.2, 0.25) is 0 Å². The summed E-state index contributed by atoms with van der Waals surface area (Å²) in [5, 5.41) is 15.6. The molecule has 1 amide bonds. The van der Waals surface area contributed by atoms with Gasteiger partial charge >= 0.3 is 0 Å². The Kier molecular flexibility index (Phi) is 6.03. The second-order valence-corrected chi connectivity index (χ2v) is 8.45. The number of nitrogens with zero attached hydrogens (tertiary/aromatic N) is 5. The zero-order valence-corrected chi connectivity index (χ0v) is 20.0. The lowest BCUT2D eigenvalue weighted by atomic mass is 10.1. The van der Waals surface area contributed by atoms with Crippen molar-refractivity contribution in [1.82, 2.24) is 24.5 Å². The van der Waals surface area contributed by atoms with E-state index in [9.17, 15) is 9.18 Å². The number of pyridine rings is 1. The number of benzene rings is 2. The lowest BCUT2D eigenvalue weighted by Crippen LogP contribution is -2.17. The van der Waals surface area contributed by atoms with Crippen LogP contribution < -0.4 is 10.6 Å². The van der Waals surface area contributed by atoms with Gasteiger partial charge in [-0.2, -0.15) is 10.2 Å². The van der Waals surface area contributed by atoms with E-state index in [4.69, 9.17) is 0 Å². The second-order valence-electron chi connectivity index (χ2n) is 8.45. The molecule has 0 aliphatic rings. The minimum Gasteiger partial charge on any atom is -0.353 e. The summed E-state index contributed by atoms with van der Waals surface area (Å²) < 4.78 is 18.1. The molecule has 8 nitrogen and oxygen atoms in total. The van der Waals surface area contributed by atoms with E-state index in [1.54, 1.807) is 43.2 Å². The molecule has 0 spiro atoms. The lowest BCUT2D eigenvalue weighted by molar-refractivity contribution is 0.101. The van der Waals surface area contributed by atoms with Gasteiger partial charge in [0.25, 0.3) is 5.91 Å². The molecule has 0 bridgehead atoms. The normalized spacial score (nSPS) is 11.3. The van der Waals surface area contributed by atoms with Crippen LogP contribution in [0, 0.1) is 19.7 Å². The molecule has 2 aromatic carbocycles. The maximum atomic E-state index is 14.9. The Morgan fingerprint density at radius 1 is 1.06 bits per heavy atom. The van der Waals surface area contributed by atoms with Gasteiger partial charge in [-0.25, -0.2) is 9.07 Å². The predicted octanol–water partition coefficient (Wildman–Crippen LogP) is 5.54. The molecule has 3 aromatic heterocycles. The molecule has 0 aliphatic heterocycles. The Labute approximate surface area is 207 Å². The first-order valence-electron chi connectivity index (χ1n) is 11.3. The number of nitrogens with one attached hydrogen (secondary N) is 2. The largest absolute Gasteiger partial charge is 0.353 e. The quantitative estimate of drug-likeness (QED) is 0.332. The van der Waals surface area contributed by atoms with Crippen molar-refractivity contribution in [3.05, 3.63) is 95.5 Å². The number of hydrogen-bond acceptors (Lipinski definition) is 5. The molecule has 0 atom stereocenters. The molecule has 180 valence electrons. The fourth-order valence-corrected chi connectivity index (χ4v) is 3.92. The number of carbonyl (C=O) groups is 1. The molecule has 2 N–H and O–H groups in total. The van der Waals surface area contributed by atoms with Crippen molar-refractivity contribution in [2.75, 3.05) is 10.6 Å². The Balaban J connectivity index is 1.41. The zero-order chi connectivity index (χ0) is 25.2. The molecule has 36 heavy (non-hydrogen) atoms. The second kappa shape index (κ2) is 9.46. The highest BCUT2D eigenvalue weighted by molar-refractivity contribution is 6.04. The summed E-state index contributed by atoms with van der Waals surface area (Å²) in [4.78, 5) is 17.1. The van der Waals surface area contributed by atoms with Crippen LogP contribution in [0.25, 0.3) is 23.2 Å². The van der Waals surface area contributed by atoms with Crippen molar-refractivity contribution in [2.24, 2.45) is 7.05 Å². The summed E-state index contributed by atoms with van der Waals surface area (Å²) in [6, 6.07) is 16.0. The first-order chi connectivity index (χ1) is 17.4. The zero-order valence-electron chi connectivity index (χ0n) is 20.0. The molecule has 0 aliphatic carbocycles. The molecule has 0 saturated heterocycles. The number of hydrogen-bond donors (Lipinski definition) is 2. The number of aryl methyl sites for hydroxylation is 3. The monoisotopic (exact) mass is 481 g/mol. The van der Waals surface area contributed by atoms with E-state index in [0.717, 1.165) is 22.3 Å². The van der Waals surface area contributed by atoms with Crippen LogP contribution in [0.5, 0.6) is 0 Å². The lowest BCUT2D eigenvalue weighted by Gasteiger charge is -2.14. The van der Waals surface area contributed by atoms with Crippen LogP contribution in [0.15, 0.2) is 67.0 Å². The predicted molar refractivity (Wildman–Crippen MR) is 140 cm³/mol. The van der Waals surface area contributed by atoms with Crippen LogP contribution in [0.3, 0.4) is 0 Å².